The summed E-state index contributed by atoms with van der Waals surface area (Å²) >= 11 is 0. The van der Waals surface area contributed by atoms with Crippen LogP contribution in [0.4, 0.5) is 18.9 Å². The molecule has 0 aliphatic rings. The van der Waals surface area contributed by atoms with Crippen molar-refractivity contribution in [2.24, 2.45) is 0 Å². The summed E-state index contributed by atoms with van der Waals surface area (Å²) in [4.78, 5) is 0. The predicted molar refractivity (Wildman–Crippen MR) is 73.4 cm³/mol. The summed E-state index contributed by atoms with van der Waals surface area (Å²) in [6.07, 6.45) is 0. The fourth-order valence-electron chi connectivity index (χ4n) is 1.86. The van der Waals surface area contributed by atoms with Crippen molar-refractivity contribution >= 4 is 5.69 Å². The molecule has 0 unspecified atom stereocenters. The van der Waals surface area contributed by atoms with E-state index in [0.29, 0.717) is 5.89 Å². The van der Waals surface area contributed by atoms with E-state index in [1.807, 2.05) is 18.2 Å². The molecule has 112 valence electrons. The molecular weight excluding hydrogens is 295 g/mol. The van der Waals surface area contributed by atoms with Crippen LogP contribution in [-0.2, 0) is 6.54 Å². The van der Waals surface area contributed by atoms with Crippen LogP contribution < -0.4 is 5.32 Å². The van der Waals surface area contributed by atoms with Crippen molar-refractivity contribution in [2.45, 2.75) is 6.54 Å². The first-order chi connectivity index (χ1) is 10.6. The summed E-state index contributed by atoms with van der Waals surface area (Å²) in [5.41, 5.74) is 0.568. The van der Waals surface area contributed by atoms with Gasteiger partial charge in [0.1, 0.15) is 0 Å². The molecule has 4 nitrogen and oxygen atoms in total. The molecule has 0 amide bonds. The lowest BCUT2D eigenvalue weighted by molar-refractivity contribution is 0.448. The first-order valence-corrected chi connectivity index (χ1v) is 6.40. The lowest BCUT2D eigenvalue weighted by atomic mass is 10.2. The molecule has 3 rings (SSSR count). The van der Waals surface area contributed by atoms with Crippen LogP contribution in [-0.4, -0.2) is 10.2 Å². The fraction of sp³-hybridized carbons (Fsp3) is 0.0667. The Morgan fingerprint density at radius 2 is 1.68 bits per heavy atom. The number of hydrogen-bond acceptors (Lipinski definition) is 4. The third-order valence-electron chi connectivity index (χ3n) is 2.95. The van der Waals surface area contributed by atoms with Crippen molar-refractivity contribution in [1.29, 1.82) is 0 Å². The zero-order valence-corrected chi connectivity index (χ0v) is 11.2. The van der Waals surface area contributed by atoms with Crippen molar-refractivity contribution in [3.8, 4) is 11.5 Å². The van der Waals surface area contributed by atoms with Gasteiger partial charge in [0.25, 0.3) is 0 Å². The fourth-order valence-corrected chi connectivity index (χ4v) is 1.86. The summed E-state index contributed by atoms with van der Waals surface area (Å²) in [7, 11) is 0. The molecule has 1 N–H and O–H groups in total. The van der Waals surface area contributed by atoms with Gasteiger partial charge in [-0.1, -0.05) is 18.2 Å². The number of nitrogens with zero attached hydrogens (tertiary/aromatic N) is 2. The molecule has 2 aromatic carbocycles. The monoisotopic (exact) mass is 305 g/mol. The van der Waals surface area contributed by atoms with Crippen LogP contribution in [0.2, 0.25) is 0 Å². The molecule has 0 bridgehead atoms. The molecule has 0 spiro atoms. The van der Waals surface area contributed by atoms with Crippen LogP contribution in [0.25, 0.3) is 11.5 Å². The Hall–Kier alpha value is -2.83. The highest BCUT2D eigenvalue weighted by atomic mass is 19.2. The van der Waals surface area contributed by atoms with Crippen LogP contribution in [0.1, 0.15) is 5.89 Å². The lowest BCUT2D eigenvalue weighted by Crippen LogP contribution is -2.04. The Balaban J connectivity index is 1.73. The van der Waals surface area contributed by atoms with Gasteiger partial charge < -0.3 is 9.73 Å². The predicted octanol–water partition coefficient (Wildman–Crippen LogP) is 3.77. The molecule has 0 saturated carbocycles. The number of aromatic nitrogens is 2. The standard InChI is InChI=1S/C15H10F3N3O/c16-10-6-7-11(14(18)13(10)17)19-8-12-20-21-15(22-12)9-4-2-1-3-5-9/h1-7,19H,8H2. The molecule has 0 fully saturated rings. The van der Waals surface area contributed by atoms with E-state index in [-0.39, 0.29) is 18.1 Å². The van der Waals surface area contributed by atoms with Gasteiger partial charge in [0, 0.05) is 5.56 Å². The number of halogens is 3. The minimum absolute atomic E-state index is 0.0121. The van der Waals surface area contributed by atoms with Crippen molar-refractivity contribution < 1.29 is 17.6 Å². The van der Waals surface area contributed by atoms with E-state index in [1.54, 1.807) is 12.1 Å². The molecule has 0 atom stereocenters. The maximum absolute atomic E-state index is 13.5. The Bertz CT molecular complexity index is 790. The zero-order chi connectivity index (χ0) is 15.5. The van der Waals surface area contributed by atoms with Gasteiger partial charge in [-0.2, -0.15) is 0 Å². The van der Waals surface area contributed by atoms with Gasteiger partial charge in [-0.05, 0) is 24.3 Å². The highest BCUT2D eigenvalue weighted by Crippen LogP contribution is 2.21. The van der Waals surface area contributed by atoms with Gasteiger partial charge in [-0.15, -0.1) is 10.2 Å². The quantitative estimate of drug-likeness (QED) is 0.746. The maximum Gasteiger partial charge on any atom is 0.247 e. The van der Waals surface area contributed by atoms with Gasteiger partial charge in [0.05, 0.1) is 12.2 Å². The van der Waals surface area contributed by atoms with E-state index in [1.165, 1.54) is 0 Å². The van der Waals surface area contributed by atoms with E-state index < -0.39 is 17.5 Å². The van der Waals surface area contributed by atoms with Gasteiger partial charge in [0.2, 0.25) is 11.8 Å². The van der Waals surface area contributed by atoms with E-state index in [0.717, 1.165) is 17.7 Å². The van der Waals surface area contributed by atoms with E-state index in [9.17, 15) is 13.2 Å². The largest absolute Gasteiger partial charge is 0.419 e. The van der Waals surface area contributed by atoms with Gasteiger partial charge in [-0.3, -0.25) is 0 Å². The van der Waals surface area contributed by atoms with Crippen LogP contribution in [0.5, 0.6) is 0 Å². The van der Waals surface area contributed by atoms with Crippen LogP contribution >= 0.6 is 0 Å². The maximum atomic E-state index is 13.5. The molecule has 3 aromatic rings. The minimum Gasteiger partial charge on any atom is -0.419 e. The average molecular weight is 305 g/mol. The summed E-state index contributed by atoms with van der Waals surface area (Å²) in [6.45, 7) is -0.0121. The van der Waals surface area contributed by atoms with Crippen molar-refractivity contribution in [3.63, 3.8) is 0 Å². The first-order valence-electron chi connectivity index (χ1n) is 6.40. The van der Waals surface area contributed by atoms with Crippen molar-refractivity contribution in [3.05, 3.63) is 65.8 Å². The molecule has 1 aromatic heterocycles. The highest BCUT2D eigenvalue weighted by Gasteiger charge is 2.14. The average Bonchev–Trinajstić information content (AvgIpc) is 3.02. The van der Waals surface area contributed by atoms with Crippen molar-refractivity contribution in [1.82, 2.24) is 10.2 Å². The summed E-state index contributed by atoms with van der Waals surface area (Å²) < 4.78 is 44.8. The molecule has 1 heterocycles. The minimum atomic E-state index is -1.53. The topological polar surface area (TPSA) is 51.0 Å². The molecule has 0 aliphatic heterocycles. The second-order valence-electron chi connectivity index (χ2n) is 4.44. The second-order valence-corrected chi connectivity index (χ2v) is 4.44. The van der Waals surface area contributed by atoms with Crippen LogP contribution in [0.15, 0.2) is 46.9 Å². The second kappa shape index (κ2) is 5.88. The van der Waals surface area contributed by atoms with Crippen LogP contribution in [0.3, 0.4) is 0 Å². The SMILES string of the molecule is Fc1ccc(NCc2nnc(-c3ccccc3)o2)c(F)c1F. The third kappa shape index (κ3) is 2.78. The van der Waals surface area contributed by atoms with Crippen LogP contribution in [0, 0.1) is 17.5 Å². The molecular formula is C15H10F3N3O. The Labute approximate surface area is 123 Å². The van der Waals surface area contributed by atoms with Gasteiger partial charge >= 0.3 is 0 Å². The lowest BCUT2D eigenvalue weighted by Gasteiger charge is -2.05. The Morgan fingerprint density at radius 3 is 2.45 bits per heavy atom. The number of rotatable bonds is 4. The Morgan fingerprint density at radius 1 is 0.909 bits per heavy atom. The number of hydrogen-bond donors (Lipinski definition) is 1. The molecule has 0 saturated heterocycles. The smallest absolute Gasteiger partial charge is 0.247 e. The Kier molecular flexibility index (Phi) is 3.78. The van der Waals surface area contributed by atoms with Crippen molar-refractivity contribution in [2.75, 3.05) is 5.32 Å². The first kappa shape index (κ1) is 14.1. The number of anilines is 1. The summed E-state index contributed by atoms with van der Waals surface area (Å²) in [5, 5.41) is 10.3. The third-order valence-corrected chi connectivity index (χ3v) is 2.95. The van der Waals surface area contributed by atoms with Gasteiger partial charge in [-0.25, -0.2) is 13.2 Å². The number of benzene rings is 2. The van der Waals surface area contributed by atoms with E-state index in [4.69, 9.17) is 4.42 Å². The molecule has 0 radical (unpaired) electrons. The van der Waals surface area contributed by atoms with Gasteiger partial charge in [0.15, 0.2) is 17.5 Å². The summed E-state index contributed by atoms with van der Waals surface area (Å²) in [5.74, 6) is -3.54. The summed E-state index contributed by atoms with van der Waals surface area (Å²) in [6, 6.07) is 11.1. The normalized spacial score (nSPS) is 10.7. The molecule has 0 aliphatic carbocycles. The zero-order valence-electron chi connectivity index (χ0n) is 11.2. The number of nitrogens with one attached hydrogen (secondary N) is 1. The van der Waals surface area contributed by atoms with E-state index in [2.05, 4.69) is 15.5 Å². The molecule has 7 heteroatoms. The molecule has 22 heavy (non-hydrogen) atoms. The highest BCUT2D eigenvalue weighted by molar-refractivity contribution is 5.52. The van der Waals surface area contributed by atoms with E-state index >= 15 is 0 Å².